The molecule has 0 bridgehead atoms. The minimum Gasteiger partial charge on any atom is -0.480 e. The molecule has 3 saturated heterocycles. The highest BCUT2D eigenvalue weighted by atomic mass is 16.7. The zero-order chi connectivity index (χ0) is 92.6. The molecule has 0 aliphatic carbocycles. The van der Waals surface area contributed by atoms with Crippen LogP contribution in [0.25, 0.3) is 0 Å². The van der Waals surface area contributed by atoms with Gasteiger partial charge in [0.15, 0.2) is 6.29 Å². The summed E-state index contributed by atoms with van der Waals surface area (Å²) in [5, 5.41) is 76.9. The van der Waals surface area contributed by atoms with Crippen LogP contribution in [-0.2, 0) is 76.5 Å². The summed E-state index contributed by atoms with van der Waals surface area (Å²) in [6, 6.07) is -11.5. The maximum atomic E-state index is 14.7. The van der Waals surface area contributed by atoms with Crippen LogP contribution in [0.5, 0.6) is 0 Å². The second-order valence-electron chi connectivity index (χ2n) is 36.5. The molecule has 32 nitrogen and oxygen atoms in total. The third-order valence-corrected chi connectivity index (χ3v) is 24.0. The van der Waals surface area contributed by atoms with Crippen LogP contribution in [-0.4, -0.2) is 243 Å². The van der Waals surface area contributed by atoms with Crippen molar-refractivity contribution in [2.24, 2.45) is 23.7 Å². The van der Waals surface area contributed by atoms with Crippen LogP contribution < -0.4 is 47.9 Å². The number of hydrogen-bond acceptors (Lipinski definition) is 20. The molecule has 0 aromatic heterocycles. The van der Waals surface area contributed by atoms with Crippen LogP contribution in [0.15, 0.2) is 0 Å². The van der Waals surface area contributed by atoms with Crippen LogP contribution in [0, 0.1) is 23.7 Å². The zero-order valence-electron chi connectivity index (χ0n) is 78.1. The van der Waals surface area contributed by atoms with Crippen molar-refractivity contribution in [1.82, 2.24) is 57.7 Å². The highest BCUT2D eigenvalue weighted by Gasteiger charge is 2.47. The molecule has 0 unspecified atom stereocenters. The number of ether oxygens (including phenoxy) is 3. The van der Waals surface area contributed by atoms with Gasteiger partial charge in [0.2, 0.25) is 65.0 Å². The smallest absolute Gasteiger partial charge is 0.326 e. The Labute approximate surface area is 746 Å². The molecular formula is C93H167N11O21. The number of esters is 1. The first-order valence-electron chi connectivity index (χ1n) is 48.4. The molecule has 3 heterocycles. The second-order valence-corrected chi connectivity index (χ2v) is 36.5. The summed E-state index contributed by atoms with van der Waals surface area (Å²) in [5.41, 5.74) is 0. The van der Waals surface area contributed by atoms with Crippen LogP contribution in [0.4, 0.5) is 0 Å². The molecule has 3 rings (SSSR count). The molecule has 0 spiro atoms. The van der Waals surface area contributed by atoms with Crippen LogP contribution in [0.3, 0.4) is 0 Å². The molecule has 3 aliphatic rings. The highest BCUT2D eigenvalue weighted by Crippen LogP contribution is 2.28. The normalized spacial score (nSPS) is 19.6. The first kappa shape index (κ1) is 112. The van der Waals surface area contributed by atoms with E-state index in [1.54, 1.807) is 34.6 Å². The predicted molar refractivity (Wildman–Crippen MR) is 478 cm³/mol. The number of nitrogens with zero attached hydrogens (tertiary/aromatic N) is 2. The topological polar surface area (TPSA) is 465 Å². The third-order valence-electron chi connectivity index (χ3n) is 24.0. The molecule has 15 atom stereocenters. The number of unbranched alkanes of at least 4 members (excludes halogenated alkanes) is 28. The van der Waals surface area contributed by atoms with E-state index in [0.717, 1.165) is 89.9 Å². The Morgan fingerprint density at radius 3 is 1.41 bits per heavy atom. The molecule has 3 aliphatic heterocycles. The summed E-state index contributed by atoms with van der Waals surface area (Å²) in [5.74, 6) is -10.1. The van der Waals surface area contributed by atoms with Gasteiger partial charge in [-0.1, -0.05) is 262 Å². The number of amides is 11. The first-order chi connectivity index (χ1) is 59.8. The van der Waals surface area contributed by atoms with E-state index in [1.165, 1.54) is 99.7 Å². The monoisotopic (exact) mass is 1770 g/mol. The summed E-state index contributed by atoms with van der Waals surface area (Å²) < 4.78 is 18.2. The lowest BCUT2D eigenvalue weighted by Crippen LogP contribution is -2.65. The summed E-state index contributed by atoms with van der Waals surface area (Å²) in [6.07, 6.45) is 28.0. The molecule has 125 heavy (non-hydrogen) atoms. The van der Waals surface area contributed by atoms with Crippen molar-refractivity contribution >= 4 is 76.9 Å². The largest absolute Gasteiger partial charge is 0.480 e. The van der Waals surface area contributed by atoms with E-state index in [4.69, 9.17) is 14.2 Å². The van der Waals surface area contributed by atoms with Gasteiger partial charge in [-0.05, 0) is 94.3 Å². The van der Waals surface area contributed by atoms with Gasteiger partial charge in [-0.25, -0.2) is 4.79 Å². The number of carbonyl (C=O) groups excluding carboxylic acids is 12. The fourth-order valence-electron chi connectivity index (χ4n) is 16.4. The van der Waals surface area contributed by atoms with Gasteiger partial charge in [-0.15, -0.1) is 0 Å². The van der Waals surface area contributed by atoms with E-state index >= 15 is 0 Å². The van der Waals surface area contributed by atoms with Crippen molar-refractivity contribution in [3.05, 3.63) is 0 Å². The Morgan fingerprint density at radius 1 is 0.448 bits per heavy atom. The van der Waals surface area contributed by atoms with Gasteiger partial charge in [-0.2, -0.15) is 0 Å². The van der Waals surface area contributed by atoms with Gasteiger partial charge in [0, 0.05) is 38.9 Å². The average molecular weight is 1780 g/mol. The van der Waals surface area contributed by atoms with Gasteiger partial charge >= 0.3 is 11.9 Å². The van der Waals surface area contributed by atoms with E-state index in [1.807, 2.05) is 20.8 Å². The lowest BCUT2D eigenvalue weighted by Gasteiger charge is -2.42. The number of likely N-dealkylation sites (tertiary alicyclic amines) is 2. The number of carboxylic acid groups (broad SMARTS) is 1. The Hall–Kier alpha value is -7.13. The van der Waals surface area contributed by atoms with E-state index in [0.29, 0.717) is 44.9 Å². The molecule has 0 saturated carbocycles. The fourth-order valence-corrected chi connectivity index (χ4v) is 16.4. The van der Waals surface area contributed by atoms with Crippen molar-refractivity contribution in [3.8, 4) is 0 Å². The molecular weight excluding hydrogens is 1610 g/mol. The summed E-state index contributed by atoms with van der Waals surface area (Å²) in [6.45, 7) is 18.1. The highest BCUT2D eigenvalue weighted by molar-refractivity contribution is 5.98. The molecule has 3 fully saturated rings. The molecule has 32 heteroatoms. The number of aliphatic carboxylic acids is 1. The molecule has 720 valence electrons. The summed E-state index contributed by atoms with van der Waals surface area (Å²) in [7, 11) is 0. The van der Waals surface area contributed by atoms with Crippen LogP contribution in [0.2, 0.25) is 0 Å². The standard InChI is InChI=1S/C93H167N11O21/c1-12-16-19-22-25-28-30-33-36-39-42-49-76(107)97-72(62-123-93-82(84(113)83(112)75(61-106)125-93)102-78(109)58-67(46-41-38-35-32-27-24-21-18-14-3)124-80(111)50-43-40-37-34-31-29-26-23-20-17-13-2)85(114)94-52-51-77(108)101-81(66(11)15-4)91(120)104-54-44-47-73(104)88(117)95-59-79(110)96-69(56-64(7)8)90(119)103-53-45-48-74(103)89(118)98-68(55-63(5)6)86(115)100-71(60-105)87(116)99-70(92(121)122)57-65(9)10/h63-75,81-84,93,105-106,112-113H,12-62H2,1-11H3,(H,94,114)(H,95,117)(H,96,110)(H,97,107)(H,98,118)(H,99,116)(H,100,115)(H,101,108)(H,102,109)(H,121,122)/t66-,67+,68-,69-,70-,71-,72-,73-,74-,75+,81-,82+,83+,84+,93+/m0/s1. The van der Waals surface area contributed by atoms with Crippen molar-refractivity contribution < 1.29 is 102 Å². The van der Waals surface area contributed by atoms with Crippen molar-refractivity contribution in [1.29, 1.82) is 0 Å². The predicted octanol–water partition coefficient (Wildman–Crippen LogP) is 9.33. The van der Waals surface area contributed by atoms with E-state index in [-0.39, 0.29) is 95.2 Å². The molecule has 0 aromatic carbocycles. The Kier molecular flexibility index (Phi) is 58.6. The van der Waals surface area contributed by atoms with Crippen molar-refractivity contribution in [2.75, 3.05) is 46.0 Å². The average Bonchev–Trinajstić information content (AvgIpc) is 1.82. The van der Waals surface area contributed by atoms with E-state index in [9.17, 15) is 87.9 Å². The summed E-state index contributed by atoms with van der Waals surface area (Å²) >= 11 is 0. The van der Waals surface area contributed by atoms with Gasteiger partial charge in [0.1, 0.15) is 78.8 Å². The first-order valence-corrected chi connectivity index (χ1v) is 48.4. The zero-order valence-corrected chi connectivity index (χ0v) is 78.1. The number of carbonyl (C=O) groups is 13. The molecule has 0 aromatic rings. The number of nitrogens with one attached hydrogen (secondary N) is 9. The lowest BCUT2D eigenvalue weighted by atomic mass is 9.96. The van der Waals surface area contributed by atoms with Crippen LogP contribution >= 0.6 is 0 Å². The maximum absolute atomic E-state index is 14.7. The van der Waals surface area contributed by atoms with Crippen LogP contribution in [0.1, 0.15) is 359 Å². The number of aliphatic hydroxyl groups is 4. The number of aliphatic hydroxyl groups excluding tert-OH is 4. The molecule has 14 N–H and O–H groups in total. The SMILES string of the molecule is CCCCCCCCCCCCCC(=O)N[C@@H](CO[C@@H]1O[C@H](CO)[C@@H](O)[C@H](O)[C@H]1NC(=O)C[C@@H](CCCCCCCCCCC)OC(=O)CCCCCCCCCCCCC)C(=O)NCCC(=O)N[C@H](C(=O)N1CCC[C@H]1C(=O)NCC(=O)N[C@@H](CC(C)C)C(=O)N1CCC[C@H]1C(=O)N[C@@H](CC(C)C)C(=O)N[C@@H](CO)C(=O)N[C@@H](CC(C)C)C(=O)O)[C@@H](C)CC. The fraction of sp³-hybridized carbons (Fsp3) is 0.860. The minimum absolute atomic E-state index is 0.0601. The quantitative estimate of drug-likeness (QED) is 0.0199. The second kappa shape index (κ2) is 65.4. The third kappa shape index (κ3) is 45.6. The summed E-state index contributed by atoms with van der Waals surface area (Å²) in [4.78, 5) is 183. The lowest BCUT2D eigenvalue weighted by molar-refractivity contribution is -0.271. The number of hydrogen-bond donors (Lipinski definition) is 14. The Balaban J connectivity index is 1.76. The van der Waals surface area contributed by atoms with E-state index in [2.05, 4.69) is 68.6 Å². The molecule has 11 amide bonds. The maximum Gasteiger partial charge on any atom is 0.326 e. The number of rotatable bonds is 70. The van der Waals surface area contributed by atoms with Gasteiger partial charge in [-0.3, -0.25) is 57.5 Å². The van der Waals surface area contributed by atoms with Crippen molar-refractivity contribution in [2.45, 2.75) is 444 Å². The Morgan fingerprint density at radius 2 is 0.904 bits per heavy atom. The molecule has 0 radical (unpaired) electrons. The number of carboxylic acids is 1. The van der Waals surface area contributed by atoms with Gasteiger partial charge in [0.25, 0.3) is 0 Å². The van der Waals surface area contributed by atoms with Crippen molar-refractivity contribution in [3.63, 3.8) is 0 Å². The Bertz CT molecular complexity index is 3150. The minimum atomic E-state index is -1.77. The van der Waals surface area contributed by atoms with E-state index < -0.39 is 194 Å². The van der Waals surface area contributed by atoms with Gasteiger partial charge < -0.3 is 97.4 Å². The van der Waals surface area contributed by atoms with Gasteiger partial charge in [0.05, 0.1) is 32.8 Å².